The molecule has 1 aliphatic heterocycles. The molecular formula is C21H21NO3. The van der Waals surface area contributed by atoms with E-state index >= 15 is 0 Å². The fourth-order valence-corrected chi connectivity index (χ4v) is 3.90. The molecule has 1 N–H and O–H groups in total. The lowest BCUT2D eigenvalue weighted by atomic mass is 9.99. The van der Waals surface area contributed by atoms with Gasteiger partial charge in [-0.15, -0.1) is 0 Å². The Balaban J connectivity index is 1.71. The van der Waals surface area contributed by atoms with Gasteiger partial charge in [-0.1, -0.05) is 24.3 Å². The van der Waals surface area contributed by atoms with Gasteiger partial charge in [-0.05, 0) is 55.1 Å². The van der Waals surface area contributed by atoms with Crippen molar-refractivity contribution in [2.75, 3.05) is 6.54 Å². The number of likely N-dealkylation sites (tertiary alicyclic amines) is 1. The van der Waals surface area contributed by atoms with Crippen LogP contribution in [0.25, 0.3) is 11.0 Å². The second-order valence-corrected chi connectivity index (χ2v) is 6.76. The summed E-state index contributed by atoms with van der Waals surface area (Å²) in [4.78, 5) is 14.4. The second kappa shape index (κ2) is 6.37. The van der Waals surface area contributed by atoms with Crippen molar-refractivity contribution in [3.63, 3.8) is 0 Å². The number of benzene rings is 2. The van der Waals surface area contributed by atoms with E-state index in [2.05, 4.69) is 36.1 Å². The number of aryl methyl sites for hydroxylation is 1. The van der Waals surface area contributed by atoms with Crippen LogP contribution in [0, 0.1) is 6.92 Å². The molecule has 4 heteroatoms. The highest BCUT2D eigenvalue weighted by molar-refractivity contribution is 5.81. The molecule has 1 fully saturated rings. The first kappa shape index (κ1) is 15.9. The van der Waals surface area contributed by atoms with E-state index < -0.39 is 0 Å². The predicted octanol–water partition coefficient (Wildman–Crippen LogP) is 4.14. The van der Waals surface area contributed by atoms with Crippen molar-refractivity contribution in [2.24, 2.45) is 0 Å². The normalized spacial score (nSPS) is 18.0. The maximum absolute atomic E-state index is 11.9. The molecule has 1 saturated heterocycles. The summed E-state index contributed by atoms with van der Waals surface area (Å²) in [5, 5.41) is 10.5. The molecule has 0 saturated carbocycles. The van der Waals surface area contributed by atoms with Crippen molar-refractivity contribution in [1.29, 1.82) is 0 Å². The highest BCUT2D eigenvalue weighted by atomic mass is 16.4. The van der Waals surface area contributed by atoms with Crippen molar-refractivity contribution < 1.29 is 9.52 Å². The summed E-state index contributed by atoms with van der Waals surface area (Å²) in [5.74, 6) is 0.103. The molecule has 2 aromatic carbocycles. The maximum Gasteiger partial charge on any atom is 0.336 e. The van der Waals surface area contributed by atoms with E-state index in [1.54, 1.807) is 12.1 Å². The number of phenolic OH excluding ortho intramolecular Hbond substituents is 1. The van der Waals surface area contributed by atoms with E-state index in [1.807, 2.05) is 6.07 Å². The molecule has 1 unspecified atom stereocenters. The van der Waals surface area contributed by atoms with Crippen LogP contribution in [0.5, 0.6) is 5.75 Å². The van der Waals surface area contributed by atoms with Gasteiger partial charge in [-0.3, -0.25) is 4.90 Å². The molecule has 3 aromatic rings. The molecule has 0 spiro atoms. The minimum Gasteiger partial charge on any atom is -0.508 e. The van der Waals surface area contributed by atoms with Gasteiger partial charge in [0.05, 0.1) is 0 Å². The van der Waals surface area contributed by atoms with Crippen molar-refractivity contribution in [3.05, 3.63) is 75.6 Å². The molecule has 0 bridgehead atoms. The van der Waals surface area contributed by atoms with Gasteiger partial charge >= 0.3 is 5.63 Å². The summed E-state index contributed by atoms with van der Waals surface area (Å²) in [7, 11) is 0. The number of phenols is 1. The summed E-state index contributed by atoms with van der Waals surface area (Å²) in [6.07, 6.45) is 2.28. The molecule has 1 aliphatic rings. The number of nitrogens with zero attached hydrogens (tertiary/aromatic N) is 1. The van der Waals surface area contributed by atoms with Crippen molar-refractivity contribution in [1.82, 2.24) is 4.90 Å². The van der Waals surface area contributed by atoms with Crippen LogP contribution < -0.4 is 5.63 Å². The third kappa shape index (κ3) is 3.05. The smallest absolute Gasteiger partial charge is 0.336 e. The molecule has 0 radical (unpaired) electrons. The first-order chi connectivity index (χ1) is 12.1. The first-order valence-electron chi connectivity index (χ1n) is 8.67. The summed E-state index contributed by atoms with van der Waals surface area (Å²) in [6.45, 7) is 3.87. The Morgan fingerprint density at radius 3 is 2.88 bits per heavy atom. The Morgan fingerprint density at radius 1 is 1.20 bits per heavy atom. The van der Waals surface area contributed by atoms with Crippen LogP contribution in [0.3, 0.4) is 0 Å². The summed E-state index contributed by atoms with van der Waals surface area (Å²) < 4.78 is 5.24. The van der Waals surface area contributed by atoms with Gasteiger partial charge in [0.15, 0.2) is 0 Å². The molecule has 128 valence electrons. The molecule has 4 nitrogen and oxygen atoms in total. The minimum absolute atomic E-state index is 0.103. The van der Waals surface area contributed by atoms with Gasteiger partial charge in [-0.25, -0.2) is 4.79 Å². The maximum atomic E-state index is 11.9. The standard InChI is InChI=1S/C21H21NO3/c1-14-5-2-3-6-17(14)19-7-4-10-22(19)13-15-11-21(24)25-20-12-16(23)8-9-18(15)20/h2-3,5-6,8-9,11-12,19,23H,4,7,10,13H2,1H3. The van der Waals surface area contributed by atoms with Crippen LogP contribution in [0.4, 0.5) is 0 Å². The lowest BCUT2D eigenvalue weighted by Crippen LogP contribution is -2.24. The third-order valence-electron chi connectivity index (χ3n) is 5.10. The summed E-state index contributed by atoms with van der Waals surface area (Å²) >= 11 is 0. The van der Waals surface area contributed by atoms with E-state index in [9.17, 15) is 9.90 Å². The summed E-state index contributed by atoms with van der Waals surface area (Å²) in [5.41, 5.74) is 3.69. The average molecular weight is 335 g/mol. The number of rotatable bonds is 3. The fourth-order valence-electron chi connectivity index (χ4n) is 3.90. The zero-order chi connectivity index (χ0) is 17.4. The SMILES string of the molecule is Cc1ccccc1C1CCCN1Cc1cc(=O)oc2cc(O)ccc12. The van der Waals surface area contributed by atoms with Gasteiger partial charge in [0.25, 0.3) is 0 Å². The zero-order valence-corrected chi connectivity index (χ0v) is 14.2. The highest BCUT2D eigenvalue weighted by Gasteiger charge is 2.27. The topological polar surface area (TPSA) is 53.7 Å². The first-order valence-corrected chi connectivity index (χ1v) is 8.67. The zero-order valence-electron chi connectivity index (χ0n) is 14.2. The third-order valence-corrected chi connectivity index (χ3v) is 5.10. The molecule has 2 heterocycles. The molecular weight excluding hydrogens is 314 g/mol. The molecule has 0 amide bonds. The second-order valence-electron chi connectivity index (χ2n) is 6.76. The molecule has 4 rings (SSSR count). The monoisotopic (exact) mass is 335 g/mol. The lowest BCUT2D eigenvalue weighted by Gasteiger charge is -2.26. The molecule has 0 aliphatic carbocycles. The van der Waals surface area contributed by atoms with Crippen LogP contribution in [-0.2, 0) is 6.54 Å². The Bertz CT molecular complexity index is 976. The largest absolute Gasteiger partial charge is 0.508 e. The molecule has 25 heavy (non-hydrogen) atoms. The van der Waals surface area contributed by atoms with E-state index in [-0.39, 0.29) is 11.4 Å². The fraction of sp³-hybridized carbons (Fsp3) is 0.286. The van der Waals surface area contributed by atoms with Crippen LogP contribution in [-0.4, -0.2) is 16.6 Å². The number of hydrogen-bond donors (Lipinski definition) is 1. The predicted molar refractivity (Wildman–Crippen MR) is 97.7 cm³/mol. The van der Waals surface area contributed by atoms with Crippen LogP contribution in [0.15, 0.2) is 57.7 Å². The van der Waals surface area contributed by atoms with Crippen molar-refractivity contribution in [2.45, 2.75) is 32.4 Å². The quantitative estimate of drug-likeness (QED) is 0.731. The van der Waals surface area contributed by atoms with Gasteiger partial charge in [0.2, 0.25) is 0 Å². The van der Waals surface area contributed by atoms with E-state index in [4.69, 9.17) is 4.42 Å². The van der Waals surface area contributed by atoms with Gasteiger partial charge < -0.3 is 9.52 Å². The van der Waals surface area contributed by atoms with Crippen molar-refractivity contribution >= 4 is 11.0 Å². The number of fused-ring (bicyclic) bond motifs is 1. The Kier molecular flexibility index (Phi) is 4.06. The van der Waals surface area contributed by atoms with E-state index in [1.165, 1.54) is 17.2 Å². The van der Waals surface area contributed by atoms with Crippen LogP contribution >= 0.6 is 0 Å². The highest BCUT2D eigenvalue weighted by Crippen LogP contribution is 2.35. The van der Waals surface area contributed by atoms with Gasteiger partial charge in [-0.2, -0.15) is 0 Å². The summed E-state index contributed by atoms with van der Waals surface area (Å²) in [6, 6.07) is 15.4. The lowest BCUT2D eigenvalue weighted by molar-refractivity contribution is 0.248. The Morgan fingerprint density at radius 2 is 2.04 bits per heavy atom. The van der Waals surface area contributed by atoms with Crippen molar-refractivity contribution in [3.8, 4) is 5.75 Å². The number of hydrogen-bond acceptors (Lipinski definition) is 4. The molecule has 1 aromatic heterocycles. The average Bonchev–Trinajstić information content (AvgIpc) is 3.02. The number of aromatic hydroxyl groups is 1. The van der Waals surface area contributed by atoms with Gasteiger partial charge in [0, 0.05) is 30.1 Å². The van der Waals surface area contributed by atoms with E-state index in [0.717, 1.165) is 30.3 Å². The van der Waals surface area contributed by atoms with Crippen LogP contribution in [0.2, 0.25) is 0 Å². The van der Waals surface area contributed by atoms with Crippen LogP contribution in [0.1, 0.15) is 35.6 Å². The van der Waals surface area contributed by atoms with E-state index in [0.29, 0.717) is 18.2 Å². The molecule has 1 atom stereocenters. The Labute approximate surface area is 146 Å². The Hall–Kier alpha value is -2.59. The minimum atomic E-state index is -0.375. The van der Waals surface area contributed by atoms with Gasteiger partial charge in [0.1, 0.15) is 11.3 Å².